The van der Waals surface area contributed by atoms with Gasteiger partial charge in [0, 0.05) is 23.1 Å². The van der Waals surface area contributed by atoms with Crippen molar-refractivity contribution in [3.8, 4) is 5.69 Å². The summed E-state index contributed by atoms with van der Waals surface area (Å²) in [4.78, 5) is 15.1. The SMILES string of the molecule is O=C(Nc1ccccc1-n1cccn1)c1cc(Br)c[nH]1. The van der Waals surface area contributed by atoms with E-state index in [1.165, 1.54) is 0 Å². The van der Waals surface area contributed by atoms with E-state index in [-0.39, 0.29) is 5.91 Å². The minimum atomic E-state index is -0.199. The summed E-state index contributed by atoms with van der Waals surface area (Å²) in [6, 6.07) is 11.1. The summed E-state index contributed by atoms with van der Waals surface area (Å²) in [5.74, 6) is -0.199. The van der Waals surface area contributed by atoms with Crippen molar-refractivity contribution in [1.82, 2.24) is 14.8 Å². The molecule has 0 aliphatic carbocycles. The summed E-state index contributed by atoms with van der Waals surface area (Å²) < 4.78 is 2.54. The average Bonchev–Trinajstić information content (AvgIpc) is 3.10. The Bertz CT molecular complexity index is 733. The van der Waals surface area contributed by atoms with E-state index in [4.69, 9.17) is 0 Å². The number of nitrogens with one attached hydrogen (secondary N) is 2. The van der Waals surface area contributed by atoms with E-state index >= 15 is 0 Å². The van der Waals surface area contributed by atoms with Gasteiger partial charge >= 0.3 is 0 Å². The third-order valence-corrected chi connectivity index (χ3v) is 3.25. The Kier molecular flexibility index (Phi) is 3.39. The van der Waals surface area contributed by atoms with Crippen molar-refractivity contribution in [3.05, 3.63) is 65.2 Å². The van der Waals surface area contributed by atoms with Crippen LogP contribution in [0.25, 0.3) is 5.69 Å². The standard InChI is InChI=1S/C14H11BrN4O/c15-10-8-12(16-9-10)14(20)18-11-4-1-2-5-13(11)19-7-3-6-17-19/h1-9,16H,(H,18,20). The number of hydrogen-bond acceptors (Lipinski definition) is 2. The number of carbonyl (C=O) groups excluding carboxylic acids is 1. The monoisotopic (exact) mass is 330 g/mol. The van der Waals surface area contributed by atoms with Gasteiger partial charge in [-0.15, -0.1) is 0 Å². The number of anilines is 1. The van der Waals surface area contributed by atoms with E-state index in [0.29, 0.717) is 11.4 Å². The van der Waals surface area contributed by atoms with Gasteiger partial charge < -0.3 is 10.3 Å². The lowest BCUT2D eigenvalue weighted by atomic mass is 10.2. The summed E-state index contributed by atoms with van der Waals surface area (Å²) in [5.41, 5.74) is 2.01. The molecule has 0 atom stereocenters. The first-order valence-electron chi connectivity index (χ1n) is 5.98. The predicted octanol–water partition coefficient (Wildman–Crippen LogP) is 3.22. The number of amides is 1. The molecule has 0 aliphatic heterocycles. The summed E-state index contributed by atoms with van der Waals surface area (Å²) >= 11 is 3.31. The van der Waals surface area contributed by atoms with Gasteiger partial charge in [0.25, 0.3) is 5.91 Å². The van der Waals surface area contributed by atoms with E-state index < -0.39 is 0 Å². The second-order valence-corrected chi connectivity index (χ2v) is 5.07. The van der Waals surface area contributed by atoms with Crippen LogP contribution in [0.2, 0.25) is 0 Å². The number of nitrogens with zero attached hydrogens (tertiary/aromatic N) is 2. The van der Waals surface area contributed by atoms with Gasteiger partial charge in [-0.3, -0.25) is 4.79 Å². The molecular weight excluding hydrogens is 320 g/mol. The molecule has 2 aromatic heterocycles. The average molecular weight is 331 g/mol. The van der Waals surface area contributed by atoms with Crippen LogP contribution in [0.4, 0.5) is 5.69 Å². The molecule has 0 saturated carbocycles. The van der Waals surface area contributed by atoms with Crippen LogP contribution in [-0.4, -0.2) is 20.7 Å². The number of benzene rings is 1. The van der Waals surface area contributed by atoms with E-state index in [1.807, 2.05) is 36.5 Å². The van der Waals surface area contributed by atoms with Gasteiger partial charge in [-0.1, -0.05) is 12.1 Å². The van der Waals surface area contributed by atoms with Crippen LogP contribution in [0, 0.1) is 0 Å². The maximum Gasteiger partial charge on any atom is 0.272 e. The summed E-state index contributed by atoms with van der Waals surface area (Å²) in [5, 5.41) is 7.06. The highest BCUT2D eigenvalue weighted by Gasteiger charge is 2.11. The molecule has 0 bridgehead atoms. The maximum absolute atomic E-state index is 12.2. The van der Waals surface area contributed by atoms with Gasteiger partial charge in [0.2, 0.25) is 0 Å². The van der Waals surface area contributed by atoms with Crippen molar-refractivity contribution in [2.24, 2.45) is 0 Å². The van der Waals surface area contributed by atoms with Crippen molar-refractivity contribution < 1.29 is 4.79 Å². The number of aromatic nitrogens is 3. The fourth-order valence-electron chi connectivity index (χ4n) is 1.88. The van der Waals surface area contributed by atoms with Gasteiger partial charge in [0.1, 0.15) is 5.69 Å². The van der Waals surface area contributed by atoms with E-state index in [9.17, 15) is 4.79 Å². The van der Waals surface area contributed by atoms with Crippen LogP contribution in [0.3, 0.4) is 0 Å². The van der Waals surface area contributed by atoms with Crippen molar-refractivity contribution >= 4 is 27.5 Å². The first-order chi connectivity index (χ1) is 9.74. The Hall–Kier alpha value is -2.34. The zero-order valence-corrected chi connectivity index (χ0v) is 12.0. The minimum Gasteiger partial charge on any atom is -0.356 e. The third kappa shape index (κ3) is 2.50. The predicted molar refractivity (Wildman–Crippen MR) is 80.0 cm³/mol. The number of carbonyl (C=O) groups is 1. The lowest BCUT2D eigenvalue weighted by Gasteiger charge is -2.10. The largest absolute Gasteiger partial charge is 0.356 e. The Morgan fingerprint density at radius 2 is 2.15 bits per heavy atom. The highest BCUT2D eigenvalue weighted by molar-refractivity contribution is 9.10. The van der Waals surface area contributed by atoms with E-state index in [0.717, 1.165) is 10.2 Å². The highest BCUT2D eigenvalue weighted by Crippen LogP contribution is 2.20. The first kappa shape index (κ1) is 12.7. The summed E-state index contributed by atoms with van der Waals surface area (Å²) in [6.07, 6.45) is 5.24. The fraction of sp³-hybridized carbons (Fsp3) is 0. The number of rotatable bonds is 3. The van der Waals surface area contributed by atoms with Crippen LogP contribution in [0.15, 0.2) is 59.5 Å². The van der Waals surface area contributed by atoms with Gasteiger partial charge in [-0.2, -0.15) is 5.10 Å². The Morgan fingerprint density at radius 3 is 2.85 bits per heavy atom. The lowest BCUT2D eigenvalue weighted by molar-refractivity contribution is 0.102. The van der Waals surface area contributed by atoms with Crippen LogP contribution >= 0.6 is 15.9 Å². The van der Waals surface area contributed by atoms with Crippen molar-refractivity contribution in [2.75, 3.05) is 5.32 Å². The van der Waals surface area contributed by atoms with Gasteiger partial charge in [-0.05, 0) is 40.2 Å². The molecule has 0 aliphatic rings. The zero-order valence-electron chi connectivity index (χ0n) is 10.4. The first-order valence-corrected chi connectivity index (χ1v) is 6.77. The Morgan fingerprint density at radius 1 is 1.30 bits per heavy atom. The zero-order chi connectivity index (χ0) is 13.9. The molecule has 0 radical (unpaired) electrons. The molecule has 0 fully saturated rings. The Balaban J connectivity index is 1.90. The molecule has 0 saturated heterocycles. The molecular formula is C14H11BrN4O. The summed E-state index contributed by atoms with van der Waals surface area (Å²) in [6.45, 7) is 0. The highest BCUT2D eigenvalue weighted by atomic mass is 79.9. The van der Waals surface area contributed by atoms with Gasteiger partial charge in [0.15, 0.2) is 0 Å². The molecule has 5 nitrogen and oxygen atoms in total. The number of hydrogen-bond donors (Lipinski definition) is 2. The van der Waals surface area contributed by atoms with Gasteiger partial charge in [-0.25, -0.2) is 4.68 Å². The molecule has 0 spiro atoms. The third-order valence-electron chi connectivity index (χ3n) is 2.80. The topological polar surface area (TPSA) is 62.7 Å². The lowest BCUT2D eigenvalue weighted by Crippen LogP contribution is -2.14. The van der Waals surface area contributed by atoms with Crippen LogP contribution < -0.4 is 5.32 Å². The van der Waals surface area contributed by atoms with Crippen molar-refractivity contribution in [2.45, 2.75) is 0 Å². The number of aromatic amines is 1. The molecule has 20 heavy (non-hydrogen) atoms. The molecule has 6 heteroatoms. The number of para-hydroxylation sites is 2. The fourth-order valence-corrected chi connectivity index (χ4v) is 2.22. The van der Waals surface area contributed by atoms with Gasteiger partial charge in [0.05, 0.1) is 11.4 Å². The summed E-state index contributed by atoms with van der Waals surface area (Å²) in [7, 11) is 0. The molecule has 100 valence electrons. The van der Waals surface area contributed by atoms with Crippen molar-refractivity contribution in [3.63, 3.8) is 0 Å². The molecule has 3 rings (SSSR count). The van der Waals surface area contributed by atoms with Crippen LogP contribution in [0.5, 0.6) is 0 Å². The van der Waals surface area contributed by atoms with E-state index in [1.54, 1.807) is 23.1 Å². The number of H-pyrrole nitrogens is 1. The molecule has 2 N–H and O–H groups in total. The molecule has 0 unspecified atom stereocenters. The molecule has 2 heterocycles. The quantitative estimate of drug-likeness (QED) is 0.774. The second kappa shape index (κ2) is 5.34. The molecule has 1 amide bonds. The van der Waals surface area contributed by atoms with Crippen LogP contribution in [0.1, 0.15) is 10.5 Å². The smallest absolute Gasteiger partial charge is 0.272 e. The second-order valence-electron chi connectivity index (χ2n) is 4.15. The molecule has 3 aromatic rings. The van der Waals surface area contributed by atoms with Crippen LogP contribution in [-0.2, 0) is 0 Å². The maximum atomic E-state index is 12.2. The number of halogens is 1. The Labute approximate surface area is 123 Å². The molecule has 1 aromatic carbocycles. The van der Waals surface area contributed by atoms with E-state index in [2.05, 4.69) is 31.3 Å². The van der Waals surface area contributed by atoms with Crippen molar-refractivity contribution in [1.29, 1.82) is 0 Å². The minimum absolute atomic E-state index is 0.199. The normalized spacial score (nSPS) is 10.4.